The van der Waals surface area contributed by atoms with Gasteiger partial charge in [0.2, 0.25) is 0 Å². The Labute approximate surface area is 64.0 Å². The zero-order chi connectivity index (χ0) is 7.84. The van der Waals surface area contributed by atoms with Crippen LogP contribution in [0.5, 0.6) is 0 Å². The van der Waals surface area contributed by atoms with E-state index in [9.17, 15) is 4.79 Å². The summed E-state index contributed by atoms with van der Waals surface area (Å²) in [5.74, 6) is -0.389. The van der Waals surface area contributed by atoms with Crippen molar-refractivity contribution in [1.29, 1.82) is 0 Å². The van der Waals surface area contributed by atoms with E-state index >= 15 is 0 Å². The van der Waals surface area contributed by atoms with Gasteiger partial charge in [0, 0.05) is 12.3 Å². The summed E-state index contributed by atoms with van der Waals surface area (Å²) in [6.45, 7) is 0. The lowest BCUT2D eigenvalue weighted by Gasteiger charge is -2.03. The highest BCUT2D eigenvalue weighted by Gasteiger charge is 2.40. The lowest BCUT2D eigenvalue weighted by molar-refractivity contribution is -0.138. The molecule has 58 valence electrons. The van der Waals surface area contributed by atoms with E-state index in [1.165, 1.54) is 0 Å². The molecule has 1 heterocycles. The third kappa shape index (κ3) is 0.770. The summed E-state index contributed by atoms with van der Waals surface area (Å²) in [6.07, 6.45) is 5.43. The van der Waals surface area contributed by atoms with Gasteiger partial charge < -0.3 is 9.84 Å². The number of hydrogen-bond donors (Lipinski definition) is 1. The maximum Gasteiger partial charge on any atom is 0.338 e. The van der Waals surface area contributed by atoms with Crippen molar-refractivity contribution in [3.8, 4) is 0 Å². The molecule has 1 fully saturated rings. The third-order valence-corrected chi connectivity index (χ3v) is 2.10. The fourth-order valence-corrected chi connectivity index (χ4v) is 1.54. The van der Waals surface area contributed by atoms with Gasteiger partial charge in [0.25, 0.3) is 0 Å². The first-order valence-corrected chi connectivity index (χ1v) is 3.55. The Kier molecular flexibility index (Phi) is 1.24. The number of esters is 1. The van der Waals surface area contributed by atoms with Crippen molar-refractivity contribution in [1.82, 2.24) is 0 Å². The number of aliphatic hydroxyl groups excluding tert-OH is 1. The Morgan fingerprint density at radius 1 is 1.73 bits per heavy atom. The Balaban J connectivity index is 2.33. The van der Waals surface area contributed by atoms with Crippen LogP contribution in [-0.4, -0.2) is 17.2 Å². The predicted molar refractivity (Wildman–Crippen MR) is 37.8 cm³/mol. The number of rotatable bonds is 0. The van der Waals surface area contributed by atoms with Gasteiger partial charge in [-0.15, -0.1) is 0 Å². The SMILES string of the molecule is O=C1O[C@@H]2CC=C[C@@H]2/C1=C/O. The summed E-state index contributed by atoms with van der Waals surface area (Å²) in [4.78, 5) is 10.9. The molecule has 3 nitrogen and oxygen atoms in total. The van der Waals surface area contributed by atoms with Gasteiger partial charge in [-0.2, -0.15) is 0 Å². The molecular formula is C8H8O3. The molecule has 0 radical (unpaired) electrons. The van der Waals surface area contributed by atoms with Gasteiger partial charge in [-0.25, -0.2) is 4.79 Å². The van der Waals surface area contributed by atoms with E-state index < -0.39 is 0 Å². The van der Waals surface area contributed by atoms with Crippen LogP contribution in [-0.2, 0) is 9.53 Å². The van der Waals surface area contributed by atoms with Crippen molar-refractivity contribution in [2.75, 3.05) is 0 Å². The van der Waals surface area contributed by atoms with Crippen LogP contribution in [0.15, 0.2) is 24.0 Å². The number of hydrogen-bond acceptors (Lipinski definition) is 3. The van der Waals surface area contributed by atoms with Gasteiger partial charge in [0.05, 0.1) is 11.8 Å². The van der Waals surface area contributed by atoms with Gasteiger partial charge in [0.1, 0.15) is 6.10 Å². The Bertz CT molecular complexity index is 252. The molecule has 0 aromatic carbocycles. The lowest BCUT2D eigenvalue weighted by Crippen LogP contribution is -2.08. The fraction of sp³-hybridized carbons (Fsp3) is 0.375. The molecular weight excluding hydrogens is 144 g/mol. The molecule has 3 heteroatoms. The summed E-state index contributed by atoms with van der Waals surface area (Å²) in [5, 5.41) is 8.69. The van der Waals surface area contributed by atoms with E-state index in [0.29, 0.717) is 5.57 Å². The predicted octanol–water partition coefficient (Wildman–Crippen LogP) is 0.930. The largest absolute Gasteiger partial charge is 0.515 e. The van der Waals surface area contributed by atoms with Crippen LogP contribution in [0.2, 0.25) is 0 Å². The van der Waals surface area contributed by atoms with Crippen LogP contribution in [0, 0.1) is 5.92 Å². The molecule has 1 aliphatic heterocycles. The summed E-state index contributed by atoms with van der Waals surface area (Å²) in [7, 11) is 0. The van der Waals surface area contributed by atoms with Crippen LogP contribution in [0.25, 0.3) is 0 Å². The van der Waals surface area contributed by atoms with Crippen molar-refractivity contribution < 1.29 is 14.6 Å². The van der Waals surface area contributed by atoms with Crippen LogP contribution < -0.4 is 0 Å². The topological polar surface area (TPSA) is 46.5 Å². The van der Waals surface area contributed by atoms with Gasteiger partial charge in [-0.05, 0) is 0 Å². The van der Waals surface area contributed by atoms with E-state index in [-0.39, 0.29) is 18.0 Å². The molecule has 0 spiro atoms. The summed E-state index contributed by atoms with van der Waals surface area (Å²) < 4.78 is 4.96. The van der Waals surface area contributed by atoms with Crippen LogP contribution >= 0.6 is 0 Å². The van der Waals surface area contributed by atoms with E-state index in [1.54, 1.807) is 0 Å². The first kappa shape index (κ1) is 6.46. The molecule has 1 aliphatic carbocycles. The summed E-state index contributed by atoms with van der Waals surface area (Å²) in [6, 6.07) is 0. The fourth-order valence-electron chi connectivity index (χ4n) is 1.54. The smallest absolute Gasteiger partial charge is 0.338 e. The van der Waals surface area contributed by atoms with Crippen molar-refractivity contribution >= 4 is 5.97 Å². The quantitative estimate of drug-likeness (QED) is 0.243. The Morgan fingerprint density at radius 2 is 2.55 bits per heavy atom. The van der Waals surface area contributed by atoms with Crippen LogP contribution in [0.4, 0.5) is 0 Å². The highest BCUT2D eigenvalue weighted by atomic mass is 16.6. The number of ether oxygens (including phenoxy) is 1. The Hall–Kier alpha value is -1.25. The van der Waals surface area contributed by atoms with E-state index in [2.05, 4.69) is 0 Å². The standard InChI is InChI=1S/C8H8O3/c9-4-6-5-2-1-3-7(5)11-8(6)10/h1-2,4-5,7,9H,3H2/b6-4-/t5-,7-/m1/s1. The number of aliphatic hydroxyl groups is 1. The van der Waals surface area contributed by atoms with E-state index in [4.69, 9.17) is 9.84 Å². The average Bonchev–Trinajstić information content (AvgIpc) is 2.46. The highest BCUT2D eigenvalue weighted by Crippen LogP contribution is 2.34. The van der Waals surface area contributed by atoms with E-state index in [0.717, 1.165) is 12.7 Å². The van der Waals surface area contributed by atoms with Crippen LogP contribution in [0.3, 0.4) is 0 Å². The van der Waals surface area contributed by atoms with E-state index in [1.807, 2.05) is 12.2 Å². The van der Waals surface area contributed by atoms with Crippen molar-refractivity contribution in [3.63, 3.8) is 0 Å². The van der Waals surface area contributed by atoms with Crippen molar-refractivity contribution in [2.24, 2.45) is 5.92 Å². The van der Waals surface area contributed by atoms with Gasteiger partial charge in [-0.3, -0.25) is 0 Å². The lowest BCUT2D eigenvalue weighted by atomic mass is 10.0. The number of carbonyl (C=O) groups is 1. The minimum absolute atomic E-state index is 0.00694. The molecule has 2 atom stereocenters. The summed E-state index contributed by atoms with van der Waals surface area (Å²) in [5.41, 5.74) is 0.378. The zero-order valence-electron chi connectivity index (χ0n) is 5.86. The molecule has 0 aromatic heterocycles. The first-order chi connectivity index (χ1) is 5.33. The van der Waals surface area contributed by atoms with Gasteiger partial charge >= 0.3 is 5.97 Å². The molecule has 1 N–H and O–H groups in total. The van der Waals surface area contributed by atoms with Crippen LogP contribution in [0.1, 0.15) is 6.42 Å². The molecule has 0 unspecified atom stereocenters. The maximum absolute atomic E-state index is 10.9. The molecule has 11 heavy (non-hydrogen) atoms. The Morgan fingerprint density at radius 3 is 3.27 bits per heavy atom. The molecule has 0 bridgehead atoms. The molecule has 2 rings (SSSR count). The maximum atomic E-state index is 10.9. The number of carbonyl (C=O) groups excluding carboxylic acids is 1. The van der Waals surface area contributed by atoms with Crippen molar-refractivity contribution in [2.45, 2.75) is 12.5 Å². The number of fused-ring (bicyclic) bond motifs is 1. The molecule has 2 aliphatic rings. The highest BCUT2D eigenvalue weighted by molar-refractivity contribution is 5.92. The zero-order valence-corrected chi connectivity index (χ0v) is 5.86. The average molecular weight is 152 g/mol. The van der Waals surface area contributed by atoms with Gasteiger partial charge in [-0.1, -0.05) is 12.2 Å². The molecule has 1 saturated heterocycles. The third-order valence-electron chi connectivity index (χ3n) is 2.10. The second kappa shape index (κ2) is 2.12. The minimum atomic E-state index is -0.383. The first-order valence-electron chi connectivity index (χ1n) is 3.55. The molecule has 0 amide bonds. The summed E-state index contributed by atoms with van der Waals surface area (Å²) >= 11 is 0. The second-order valence-electron chi connectivity index (χ2n) is 2.72. The van der Waals surface area contributed by atoms with Gasteiger partial charge in [0.15, 0.2) is 0 Å². The molecule has 0 saturated carbocycles. The molecule has 0 aromatic rings. The minimum Gasteiger partial charge on any atom is -0.515 e. The monoisotopic (exact) mass is 152 g/mol. The van der Waals surface area contributed by atoms with Crippen molar-refractivity contribution in [3.05, 3.63) is 24.0 Å². The normalized spacial score (nSPS) is 37.8. The second-order valence-corrected chi connectivity index (χ2v) is 2.72.